The Morgan fingerprint density at radius 1 is 0.550 bits per heavy atom. The molecule has 4 aromatic rings. The molecule has 10 heteroatoms. The standard InChI is InChI=1S/C30H20F6N2O2/c1-27(2)21-15-13-20-19(23(21)37-25(39-27)17-9-5-3-6-10-17)14-16-22-24(20)38-26(18-11-7-4-8-12-18)40-28(22,29(31,32)33)30(34,35)36/h3-16H,1-2H3. The summed E-state index contributed by atoms with van der Waals surface area (Å²) in [5.74, 6) is -0.509. The van der Waals surface area contributed by atoms with E-state index in [-0.39, 0.29) is 16.8 Å². The van der Waals surface area contributed by atoms with Crippen LogP contribution in [-0.4, -0.2) is 24.1 Å². The highest BCUT2D eigenvalue weighted by Crippen LogP contribution is 2.59. The summed E-state index contributed by atoms with van der Waals surface area (Å²) in [5.41, 5.74) is -5.51. The SMILES string of the molecule is CC1(C)OC(c2ccccc2)=Nc2c1ccc1c3c(ccc21)C(C(F)(F)F)(C(F)(F)F)OC(c1ccccc1)=N3. The molecule has 0 aliphatic carbocycles. The van der Waals surface area contributed by atoms with Crippen molar-refractivity contribution in [1.29, 1.82) is 0 Å². The van der Waals surface area contributed by atoms with Crippen molar-refractivity contribution in [3.63, 3.8) is 0 Å². The average molecular weight is 554 g/mol. The summed E-state index contributed by atoms with van der Waals surface area (Å²) in [6, 6.07) is 21.3. The second kappa shape index (κ2) is 8.58. The lowest BCUT2D eigenvalue weighted by Gasteiger charge is -2.41. The minimum absolute atomic E-state index is 0.0279. The lowest BCUT2D eigenvalue weighted by Crippen LogP contribution is -2.58. The molecule has 0 fully saturated rings. The molecule has 2 aliphatic heterocycles. The first-order chi connectivity index (χ1) is 18.8. The fraction of sp³-hybridized carbons (Fsp3) is 0.200. The van der Waals surface area contributed by atoms with Gasteiger partial charge in [-0.05, 0) is 38.1 Å². The van der Waals surface area contributed by atoms with Crippen LogP contribution in [0, 0.1) is 0 Å². The maximum absolute atomic E-state index is 14.5. The summed E-state index contributed by atoms with van der Waals surface area (Å²) < 4.78 is 98.2. The van der Waals surface area contributed by atoms with E-state index in [1.54, 1.807) is 36.4 Å². The van der Waals surface area contributed by atoms with Gasteiger partial charge in [-0.1, -0.05) is 60.7 Å². The van der Waals surface area contributed by atoms with Crippen LogP contribution in [0.4, 0.5) is 37.7 Å². The van der Waals surface area contributed by atoms with Crippen molar-refractivity contribution in [3.05, 3.63) is 107 Å². The lowest BCUT2D eigenvalue weighted by atomic mass is 9.85. The number of hydrogen-bond donors (Lipinski definition) is 0. The van der Waals surface area contributed by atoms with Crippen LogP contribution >= 0.6 is 0 Å². The summed E-state index contributed by atoms with van der Waals surface area (Å²) in [4.78, 5) is 8.91. The molecule has 4 aromatic carbocycles. The van der Waals surface area contributed by atoms with Gasteiger partial charge in [0.05, 0.1) is 11.4 Å². The molecule has 204 valence electrons. The Hall–Kier alpha value is -4.34. The number of aliphatic imine (C=N–C) groups is 2. The number of benzene rings is 4. The van der Waals surface area contributed by atoms with Crippen molar-refractivity contribution < 1.29 is 35.8 Å². The lowest BCUT2D eigenvalue weighted by molar-refractivity contribution is -0.370. The Labute approximate surface area is 224 Å². The summed E-state index contributed by atoms with van der Waals surface area (Å²) in [6.45, 7) is 3.62. The molecule has 0 unspecified atom stereocenters. The highest BCUT2D eigenvalue weighted by molar-refractivity contribution is 6.09. The maximum atomic E-state index is 14.5. The summed E-state index contributed by atoms with van der Waals surface area (Å²) in [5, 5.41) is 0.400. The van der Waals surface area contributed by atoms with Crippen LogP contribution in [-0.2, 0) is 20.7 Å². The van der Waals surface area contributed by atoms with E-state index in [9.17, 15) is 26.3 Å². The second-order valence-corrected chi connectivity index (χ2v) is 9.98. The Balaban J connectivity index is 1.69. The monoisotopic (exact) mass is 554 g/mol. The molecule has 0 N–H and O–H groups in total. The topological polar surface area (TPSA) is 43.2 Å². The van der Waals surface area contributed by atoms with Gasteiger partial charge in [-0.25, -0.2) is 9.98 Å². The molecule has 0 saturated carbocycles. The molecule has 4 nitrogen and oxygen atoms in total. The van der Waals surface area contributed by atoms with Crippen molar-refractivity contribution in [2.75, 3.05) is 0 Å². The predicted octanol–water partition coefficient (Wildman–Crippen LogP) is 8.61. The minimum Gasteiger partial charge on any atom is -0.466 e. The first-order valence-corrected chi connectivity index (χ1v) is 12.2. The quantitative estimate of drug-likeness (QED) is 0.233. The maximum Gasteiger partial charge on any atom is 0.442 e. The number of halogens is 6. The zero-order valence-corrected chi connectivity index (χ0v) is 21.1. The smallest absolute Gasteiger partial charge is 0.442 e. The molecule has 2 heterocycles. The van der Waals surface area contributed by atoms with Crippen molar-refractivity contribution in [2.24, 2.45) is 9.98 Å². The van der Waals surface area contributed by atoms with Gasteiger partial charge in [-0.2, -0.15) is 26.3 Å². The fourth-order valence-corrected chi connectivity index (χ4v) is 5.12. The highest BCUT2D eigenvalue weighted by Gasteiger charge is 2.76. The Bertz CT molecular complexity index is 1680. The molecule has 0 atom stereocenters. The van der Waals surface area contributed by atoms with Gasteiger partial charge in [0, 0.05) is 33.0 Å². The van der Waals surface area contributed by atoms with Crippen LogP contribution in [0.15, 0.2) is 94.9 Å². The number of alkyl halides is 6. The number of nitrogens with zero attached hydrogens (tertiary/aromatic N) is 2. The van der Waals surface area contributed by atoms with Crippen molar-refractivity contribution in [1.82, 2.24) is 0 Å². The molecule has 2 aliphatic rings. The van der Waals surface area contributed by atoms with Crippen LogP contribution in [0.25, 0.3) is 10.8 Å². The largest absolute Gasteiger partial charge is 0.466 e. The van der Waals surface area contributed by atoms with Gasteiger partial charge in [0.2, 0.25) is 11.8 Å². The van der Waals surface area contributed by atoms with E-state index in [4.69, 9.17) is 9.47 Å². The molecule has 0 radical (unpaired) electrons. The highest BCUT2D eigenvalue weighted by atomic mass is 19.4. The fourth-order valence-electron chi connectivity index (χ4n) is 5.12. The van der Waals surface area contributed by atoms with E-state index in [1.807, 2.05) is 19.9 Å². The molecule has 40 heavy (non-hydrogen) atoms. The van der Waals surface area contributed by atoms with Crippen LogP contribution in [0.3, 0.4) is 0 Å². The Kier molecular flexibility index (Phi) is 5.56. The molecule has 0 spiro atoms. The van der Waals surface area contributed by atoms with Gasteiger partial charge in [0.1, 0.15) is 5.60 Å². The first kappa shape index (κ1) is 25.9. The third-order valence-electron chi connectivity index (χ3n) is 7.04. The zero-order valence-electron chi connectivity index (χ0n) is 21.1. The van der Waals surface area contributed by atoms with Crippen LogP contribution in [0.1, 0.15) is 36.1 Å². The van der Waals surface area contributed by atoms with Gasteiger partial charge in [0.25, 0.3) is 0 Å². The summed E-state index contributed by atoms with van der Waals surface area (Å²) in [7, 11) is 0. The van der Waals surface area contributed by atoms with Gasteiger partial charge >= 0.3 is 18.0 Å². The number of ether oxygens (including phenoxy) is 2. The van der Waals surface area contributed by atoms with Gasteiger partial charge in [0.15, 0.2) is 0 Å². The molecular formula is C30H20F6N2O2. The van der Waals surface area contributed by atoms with Gasteiger partial charge < -0.3 is 9.47 Å². The number of fused-ring (bicyclic) bond motifs is 5. The Morgan fingerprint density at radius 3 is 1.45 bits per heavy atom. The summed E-state index contributed by atoms with van der Waals surface area (Å²) >= 11 is 0. The van der Waals surface area contributed by atoms with Crippen LogP contribution in [0.2, 0.25) is 0 Å². The van der Waals surface area contributed by atoms with Gasteiger partial charge in [-0.3, -0.25) is 0 Å². The zero-order chi connectivity index (χ0) is 28.5. The second-order valence-electron chi connectivity index (χ2n) is 9.98. The van der Waals surface area contributed by atoms with Crippen LogP contribution in [0.5, 0.6) is 0 Å². The van der Waals surface area contributed by atoms with Crippen LogP contribution < -0.4 is 0 Å². The van der Waals surface area contributed by atoms with E-state index < -0.39 is 40.7 Å². The number of hydrogen-bond acceptors (Lipinski definition) is 4. The first-order valence-electron chi connectivity index (χ1n) is 12.2. The predicted molar refractivity (Wildman–Crippen MR) is 138 cm³/mol. The third-order valence-corrected chi connectivity index (χ3v) is 7.04. The molecular weight excluding hydrogens is 534 g/mol. The third kappa shape index (κ3) is 3.76. The molecule has 0 bridgehead atoms. The van der Waals surface area contributed by atoms with E-state index >= 15 is 0 Å². The van der Waals surface area contributed by atoms with E-state index in [0.717, 1.165) is 6.07 Å². The minimum atomic E-state index is -5.85. The van der Waals surface area contributed by atoms with Crippen molar-refractivity contribution >= 4 is 33.9 Å². The van der Waals surface area contributed by atoms with E-state index in [0.29, 0.717) is 22.2 Å². The van der Waals surface area contributed by atoms with Crippen molar-refractivity contribution in [3.8, 4) is 0 Å². The van der Waals surface area contributed by atoms with Crippen molar-refractivity contribution in [2.45, 2.75) is 37.4 Å². The molecule has 0 amide bonds. The normalized spacial score (nSPS) is 17.6. The Morgan fingerprint density at radius 2 is 0.975 bits per heavy atom. The molecule has 0 aromatic heterocycles. The van der Waals surface area contributed by atoms with Gasteiger partial charge in [-0.15, -0.1) is 0 Å². The molecule has 0 saturated heterocycles. The van der Waals surface area contributed by atoms with E-state index in [2.05, 4.69) is 9.98 Å². The van der Waals surface area contributed by atoms with E-state index in [1.165, 1.54) is 36.4 Å². The molecule has 6 rings (SSSR count). The number of rotatable bonds is 2. The average Bonchev–Trinajstić information content (AvgIpc) is 2.91. The summed E-state index contributed by atoms with van der Waals surface area (Å²) in [6.07, 6.45) is -11.7.